The predicted octanol–water partition coefficient (Wildman–Crippen LogP) is 5.16. The minimum absolute atomic E-state index is 0.608. The summed E-state index contributed by atoms with van der Waals surface area (Å²) in [6.45, 7) is 8.36. The van der Waals surface area contributed by atoms with Crippen molar-refractivity contribution in [2.24, 2.45) is 4.99 Å². The van der Waals surface area contributed by atoms with Crippen molar-refractivity contribution in [3.05, 3.63) is 53.0 Å². The molecule has 0 saturated heterocycles. The van der Waals surface area contributed by atoms with Gasteiger partial charge < -0.3 is 4.42 Å². The summed E-state index contributed by atoms with van der Waals surface area (Å²) in [7, 11) is 0. The summed E-state index contributed by atoms with van der Waals surface area (Å²) in [4.78, 5) is 4.49. The number of hydrogen-bond donors (Lipinski definition) is 0. The first-order valence-electron chi connectivity index (χ1n) is 6.81. The summed E-state index contributed by atoms with van der Waals surface area (Å²) < 4.78 is 5.48. The number of hydrogen-bond acceptors (Lipinski definition) is 2. The summed E-state index contributed by atoms with van der Waals surface area (Å²) in [5.41, 5.74) is 3.39. The van der Waals surface area contributed by atoms with E-state index in [0.29, 0.717) is 5.92 Å². The van der Waals surface area contributed by atoms with Crippen molar-refractivity contribution < 1.29 is 4.42 Å². The first-order valence-corrected chi connectivity index (χ1v) is 6.81. The monoisotopic (exact) mass is 255 g/mol. The van der Waals surface area contributed by atoms with Gasteiger partial charge in [-0.05, 0) is 49.9 Å². The van der Waals surface area contributed by atoms with E-state index >= 15 is 0 Å². The molecular weight excluding hydrogens is 234 g/mol. The molecule has 2 aromatic rings. The van der Waals surface area contributed by atoms with Gasteiger partial charge in [0.15, 0.2) is 0 Å². The molecule has 19 heavy (non-hydrogen) atoms. The maximum Gasteiger partial charge on any atom is 0.109 e. The molecule has 1 aromatic heterocycles. The van der Waals surface area contributed by atoms with Crippen molar-refractivity contribution in [2.75, 3.05) is 0 Å². The Morgan fingerprint density at radius 2 is 1.89 bits per heavy atom. The fourth-order valence-corrected chi connectivity index (χ4v) is 2.05. The van der Waals surface area contributed by atoms with Crippen LogP contribution in [0.2, 0.25) is 0 Å². The van der Waals surface area contributed by atoms with Crippen molar-refractivity contribution in [1.82, 2.24) is 0 Å². The highest BCUT2D eigenvalue weighted by Crippen LogP contribution is 2.22. The first-order chi connectivity index (χ1) is 9.10. The van der Waals surface area contributed by atoms with Crippen LogP contribution >= 0.6 is 0 Å². The highest BCUT2D eigenvalue weighted by molar-refractivity contribution is 5.83. The third-order valence-corrected chi connectivity index (χ3v) is 3.51. The Morgan fingerprint density at radius 3 is 2.42 bits per heavy atom. The van der Waals surface area contributed by atoms with Crippen LogP contribution < -0.4 is 0 Å². The molecule has 2 heteroatoms. The normalized spacial score (nSPS) is 13.1. The SMILES string of the molecule is CCC(C)c1ccc(N=Cc2cc(C)oc2C)cc1. The summed E-state index contributed by atoms with van der Waals surface area (Å²) >= 11 is 0. The van der Waals surface area contributed by atoms with Gasteiger partial charge in [0.1, 0.15) is 11.5 Å². The van der Waals surface area contributed by atoms with E-state index in [9.17, 15) is 0 Å². The molecule has 0 bridgehead atoms. The second-order valence-corrected chi connectivity index (χ2v) is 5.03. The van der Waals surface area contributed by atoms with Crippen LogP contribution in [-0.2, 0) is 0 Å². The molecule has 2 rings (SSSR count). The van der Waals surface area contributed by atoms with Gasteiger partial charge >= 0.3 is 0 Å². The van der Waals surface area contributed by atoms with Gasteiger partial charge in [-0.2, -0.15) is 0 Å². The third kappa shape index (κ3) is 3.34. The minimum Gasteiger partial charge on any atom is -0.466 e. The Labute approximate surface area is 115 Å². The van der Waals surface area contributed by atoms with E-state index in [-0.39, 0.29) is 0 Å². The van der Waals surface area contributed by atoms with Gasteiger partial charge in [-0.3, -0.25) is 4.99 Å². The lowest BCUT2D eigenvalue weighted by Crippen LogP contribution is -1.89. The van der Waals surface area contributed by atoms with Gasteiger partial charge in [-0.1, -0.05) is 26.0 Å². The molecule has 2 nitrogen and oxygen atoms in total. The summed E-state index contributed by atoms with van der Waals surface area (Å²) in [5.74, 6) is 2.44. The summed E-state index contributed by atoms with van der Waals surface area (Å²) in [5, 5.41) is 0. The van der Waals surface area contributed by atoms with Crippen LogP contribution in [0.3, 0.4) is 0 Å². The predicted molar refractivity (Wildman–Crippen MR) is 80.6 cm³/mol. The van der Waals surface area contributed by atoms with Gasteiger partial charge in [-0.25, -0.2) is 0 Å². The lowest BCUT2D eigenvalue weighted by molar-refractivity contribution is 0.504. The number of furan rings is 1. The van der Waals surface area contributed by atoms with Crippen LogP contribution in [0.4, 0.5) is 5.69 Å². The quantitative estimate of drug-likeness (QED) is 0.693. The zero-order chi connectivity index (χ0) is 13.8. The minimum atomic E-state index is 0.608. The van der Waals surface area contributed by atoms with Crippen LogP contribution in [0.5, 0.6) is 0 Å². The largest absolute Gasteiger partial charge is 0.466 e. The molecule has 0 fully saturated rings. The summed E-state index contributed by atoms with van der Waals surface area (Å²) in [6.07, 6.45) is 3.03. The van der Waals surface area contributed by atoms with Gasteiger partial charge in [-0.15, -0.1) is 0 Å². The molecule has 0 radical (unpaired) electrons. The molecule has 0 aliphatic rings. The Morgan fingerprint density at radius 1 is 1.21 bits per heavy atom. The third-order valence-electron chi connectivity index (χ3n) is 3.51. The average molecular weight is 255 g/mol. The van der Waals surface area contributed by atoms with E-state index in [1.54, 1.807) is 0 Å². The van der Waals surface area contributed by atoms with Crippen LogP contribution in [-0.4, -0.2) is 6.21 Å². The molecular formula is C17H21NO. The van der Waals surface area contributed by atoms with Gasteiger partial charge in [0.25, 0.3) is 0 Å². The fourth-order valence-electron chi connectivity index (χ4n) is 2.05. The van der Waals surface area contributed by atoms with E-state index < -0.39 is 0 Å². The maximum atomic E-state index is 5.48. The highest BCUT2D eigenvalue weighted by Gasteiger charge is 2.03. The van der Waals surface area contributed by atoms with E-state index in [4.69, 9.17) is 4.42 Å². The second-order valence-electron chi connectivity index (χ2n) is 5.03. The smallest absolute Gasteiger partial charge is 0.109 e. The van der Waals surface area contributed by atoms with E-state index in [1.807, 2.05) is 26.1 Å². The molecule has 0 spiro atoms. The van der Waals surface area contributed by atoms with Crippen molar-refractivity contribution >= 4 is 11.9 Å². The molecule has 0 aliphatic carbocycles. The van der Waals surface area contributed by atoms with E-state index in [1.165, 1.54) is 5.56 Å². The fraction of sp³-hybridized carbons (Fsp3) is 0.353. The molecule has 1 atom stereocenters. The van der Waals surface area contributed by atoms with Crippen molar-refractivity contribution in [2.45, 2.75) is 40.0 Å². The number of aryl methyl sites for hydroxylation is 2. The Bertz CT molecular complexity index is 563. The molecule has 1 heterocycles. The van der Waals surface area contributed by atoms with Crippen molar-refractivity contribution in [1.29, 1.82) is 0 Å². The molecule has 1 unspecified atom stereocenters. The lowest BCUT2D eigenvalue weighted by Gasteiger charge is -2.08. The number of aliphatic imine (C=N–C) groups is 1. The molecule has 0 amide bonds. The van der Waals surface area contributed by atoms with Crippen LogP contribution in [0.15, 0.2) is 39.7 Å². The Kier molecular flexibility index (Phi) is 4.20. The Balaban J connectivity index is 2.13. The van der Waals surface area contributed by atoms with Gasteiger partial charge in [0.05, 0.1) is 5.69 Å². The van der Waals surface area contributed by atoms with Crippen LogP contribution in [0.25, 0.3) is 0 Å². The maximum absolute atomic E-state index is 5.48. The molecule has 100 valence electrons. The number of nitrogens with zero attached hydrogens (tertiary/aromatic N) is 1. The number of benzene rings is 1. The lowest BCUT2D eigenvalue weighted by atomic mass is 9.99. The average Bonchev–Trinajstić information content (AvgIpc) is 2.74. The zero-order valence-corrected chi connectivity index (χ0v) is 12.1. The van der Waals surface area contributed by atoms with E-state index in [2.05, 4.69) is 43.1 Å². The second kappa shape index (κ2) is 5.87. The van der Waals surface area contributed by atoms with Crippen molar-refractivity contribution in [3.8, 4) is 0 Å². The van der Waals surface area contributed by atoms with Crippen LogP contribution in [0, 0.1) is 13.8 Å². The van der Waals surface area contributed by atoms with Gasteiger partial charge in [0, 0.05) is 11.8 Å². The van der Waals surface area contributed by atoms with E-state index in [0.717, 1.165) is 29.2 Å². The highest BCUT2D eigenvalue weighted by atomic mass is 16.3. The zero-order valence-electron chi connectivity index (χ0n) is 12.1. The number of rotatable bonds is 4. The molecule has 0 N–H and O–H groups in total. The summed E-state index contributed by atoms with van der Waals surface area (Å²) in [6, 6.07) is 10.5. The van der Waals surface area contributed by atoms with Crippen molar-refractivity contribution in [3.63, 3.8) is 0 Å². The van der Waals surface area contributed by atoms with Crippen LogP contribution in [0.1, 0.15) is 48.8 Å². The first kappa shape index (κ1) is 13.6. The Hall–Kier alpha value is -1.83. The standard InChI is InChI=1S/C17H21NO/c1-5-12(2)15-6-8-17(9-7-15)18-11-16-10-13(3)19-14(16)4/h6-12H,5H2,1-4H3. The molecule has 1 aromatic carbocycles. The molecule has 0 saturated carbocycles. The molecule has 0 aliphatic heterocycles. The van der Waals surface area contributed by atoms with Gasteiger partial charge in [0.2, 0.25) is 0 Å². The topological polar surface area (TPSA) is 25.5 Å².